The molecule has 0 radical (unpaired) electrons. The van der Waals surface area contributed by atoms with Crippen LogP contribution < -0.4 is 4.74 Å². The van der Waals surface area contributed by atoms with E-state index in [2.05, 4.69) is 10.2 Å². The van der Waals surface area contributed by atoms with Gasteiger partial charge in [0.25, 0.3) is 0 Å². The summed E-state index contributed by atoms with van der Waals surface area (Å²) < 4.78 is 5.27. The molecular formula is C12H12N2O2. The van der Waals surface area contributed by atoms with Gasteiger partial charge in [-0.2, -0.15) is 5.10 Å². The molecule has 16 heavy (non-hydrogen) atoms. The molecule has 1 heterocycles. The Hall–Kier alpha value is -2.10. The molecule has 82 valence electrons. The molecule has 4 nitrogen and oxygen atoms in total. The number of aromatic nitrogens is 2. The standard InChI is InChI=1S/C12H12N2O2/c1-8-11(6-13-14-8)10-4-3-9(7-15)5-12(10)16-2/h3-7H,1-2H3,(H,13,14). The lowest BCUT2D eigenvalue weighted by Gasteiger charge is -2.08. The summed E-state index contributed by atoms with van der Waals surface area (Å²) in [6.07, 6.45) is 2.54. The van der Waals surface area contributed by atoms with Crippen LogP contribution in [-0.2, 0) is 0 Å². The topological polar surface area (TPSA) is 55.0 Å². The molecule has 0 aliphatic heterocycles. The molecule has 2 aromatic rings. The van der Waals surface area contributed by atoms with Crippen molar-refractivity contribution in [3.05, 3.63) is 35.7 Å². The Kier molecular flexibility index (Phi) is 2.72. The van der Waals surface area contributed by atoms with Crippen molar-refractivity contribution in [3.8, 4) is 16.9 Å². The average molecular weight is 216 g/mol. The quantitative estimate of drug-likeness (QED) is 0.800. The van der Waals surface area contributed by atoms with E-state index in [0.29, 0.717) is 11.3 Å². The maximum Gasteiger partial charge on any atom is 0.150 e. The molecule has 0 amide bonds. The monoisotopic (exact) mass is 216 g/mol. The summed E-state index contributed by atoms with van der Waals surface area (Å²) >= 11 is 0. The molecule has 0 aliphatic rings. The van der Waals surface area contributed by atoms with E-state index in [1.165, 1.54) is 0 Å². The zero-order chi connectivity index (χ0) is 11.5. The first-order valence-electron chi connectivity index (χ1n) is 4.90. The molecule has 1 aromatic carbocycles. The van der Waals surface area contributed by atoms with Crippen molar-refractivity contribution in [2.75, 3.05) is 7.11 Å². The molecule has 0 saturated carbocycles. The predicted molar refractivity (Wildman–Crippen MR) is 60.7 cm³/mol. The number of H-pyrrole nitrogens is 1. The van der Waals surface area contributed by atoms with E-state index in [9.17, 15) is 4.79 Å². The van der Waals surface area contributed by atoms with Gasteiger partial charge >= 0.3 is 0 Å². The van der Waals surface area contributed by atoms with E-state index < -0.39 is 0 Å². The molecular weight excluding hydrogens is 204 g/mol. The number of benzene rings is 1. The van der Waals surface area contributed by atoms with Crippen LogP contribution in [0, 0.1) is 6.92 Å². The highest BCUT2D eigenvalue weighted by atomic mass is 16.5. The minimum atomic E-state index is 0.599. The molecule has 0 unspecified atom stereocenters. The first-order valence-corrected chi connectivity index (χ1v) is 4.90. The average Bonchev–Trinajstić information content (AvgIpc) is 2.74. The number of hydrogen-bond donors (Lipinski definition) is 1. The van der Waals surface area contributed by atoms with Crippen LogP contribution in [-0.4, -0.2) is 23.6 Å². The predicted octanol–water partition coefficient (Wildman–Crippen LogP) is 2.21. The van der Waals surface area contributed by atoms with Crippen LogP contribution in [0.4, 0.5) is 0 Å². The lowest BCUT2D eigenvalue weighted by Crippen LogP contribution is -1.90. The number of aromatic amines is 1. The van der Waals surface area contributed by atoms with Gasteiger partial charge in [0, 0.05) is 22.4 Å². The van der Waals surface area contributed by atoms with Gasteiger partial charge in [0.05, 0.1) is 13.3 Å². The summed E-state index contributed by atoms with van der Waals surface area (Å²) in [5.41, 5.74) is 3.48. The summed E-state index contributed by atoms with van der Waals surface area (Å²) in [7, 11) is 1.59. The molecule has 0 fully saturated rings. The molecule has 4 heteroatoms. The lowest BCUT2D eigenvalue weighted by molar-refractivity contribution is 0.112. The summed E-state index contributed by atoms with van der Waals surface area (Å²) in [6.45, 7) is 1.94. The summed E-state index contributed by atoms with van der Waals surface area (Å²) in [6, 6.07) is 5.34. The maximum atomic E-state index is 10.7. The van der Waals surface area contributed by atoms with E-state index in [-0.39, 0.29) is 0 Å². The maximum absolute atomic E-state index is 10.7. The lowest BCUT2D eigenvalue weighted by atomic mass is 10.0. The molecule has 1 aromatic heterocycles. The van der Waals surface area contributed by atoms with Crippen LogP contribution in [0.15, 0.2) is 24.4 Å². The van der Waals surface area contributed by atoms with Gasteiger partial charge < -0.3 is 4.74 Å². The van der Waals surface area contributed by atoms with Crippen LogP contribution in [0.3, 0.4) is 0 Å². The third-order valence-corrected chi connectivity index (χ3v) is 2.48. The number of hydrogen-bond acceptors (Lipinski definition) is 3. The zero-order valence-electron chi connectivity index (χ0n) is 9.15. The molecule has 2 rings (SSSR count). The highest BCUT2D eigenvalue weighted by Gasteiger charge is 2.10. The number of carbonyl (C=O) groups excluding carboxylic acids is 1. The number of ether oxygens (including phenoxy) is 1. The minimum Gasteiger partial charge on any atom is -0.496 e. The van der Waals surface area contributed by atoms with E-state index in [0.717, 1.165) is 23.1 Å². The number of aryl methyl sites for hydroxylation is 1. The largest absolute Gasteiger partial charge is 0.496 e. The van der Waals surface area contributed by atoms with Crippen molar-refractivity contribution in [3.63, 3.8) is 0 Å². The fraction of sp³-hybridized carbons (Fsp3) is 0.167. The Morgan fingerprint density at radius 1 is 1.38 bits per heavy atom. The van der Waals surface area contributed by atoms with Gasteiger partial charge in [-0.1, -0.05) is 6.07 Å². The Morgan fingerprint density at radius 2 is 2.19 bits per heavy atom. The fourth-order valence-corrected chi connectivity index (χ4v) is 1.63. The molecule has 0 atom stereocenters. The van der Waals surface area contributed by atoms with Gasteiger partial charge in [-0.05, 0) is 19.1 Å². The van der Waals surface area contributed by atoms with Crippen LogP contribution in [0.1, 0.15) is 16.1 Å². The normalized spacial score (nSPS) is 10.1. The van der Waals surface area contributed by atoms with Crippen molar-refractivity contribution in [1.82, 2.24) is 10.2 Å². The van der Waals surface area contributed by atoms with Gasteiger partial charge in [0.1, 0.15) is 12.0 Å². The second-order valence-electron chi connectivity index (χ2n) is 3.49. The molecule has 0 aliphatic carbocycles. The van der Waals surface area contributed by atoms with E-state index in [4.69, 9.17) is 4.74 Å². The van der Waals surface area contributed by atoms with Crippen molar-refractivity contribution < 1.29 is 9.53 Å². The van der Waals surface area contributed by atoms with Crippen LogP contribution in [0.2, 0.25) is 0 Å². The van der Waals surface area contributed by atoms with Crippen molar-refractivity contribution in [1.29, 1.82) is 0 Å². The number of methoxy groups -OCH3 is 1. The van der Waals surface area contributed by atoms with Crippen molar-refractivity contribution in [2.24, 2.45) is 0 Å². The first-order chi connectivity index (χ1) is 7.76. The third kappa shape index (κ3) is 1.69. The van der Waals surface area contributed by atoms with Crippen molar-refractivity contribution in [2.45, 2.75) is 6.92 Å². The molecule has 0 bridgehead atoms. The summed E-state index contributed by atoms with van der Waals surface area (Å²) in [5, 5.41) is 6.84. The first kappa shape index (κ1) is 10.4. The highest BCUT2D eigenvalue weighted by molar-refractivity contribution is 5.80. The van der Waals surface area contributed by atoms with Gasteiger partial charge in [0.15, 0.2) is 0 Å². The number of carbonyl (C=O) groups is 1. The minimum absolute atomic E-state index is 0.599. The van der Waals surface area contributed by atoms with Gasteiger partial charge in [-0.25, -0.2) is 0 Å². The third-order valence-electron chi connectivity index (χ3n) is 2.48. The Bertz CT molecular complexity index is 517. The highest BCUT2D eigenvalue weighted by Crippen LogP contribution is 2.31. The number of nitrogens with one attached hydrogen (secondary N) is 1. The van der Waals surface area contributed by atoms with E-state index in [1.54, 1.807) is 25.4 Å². The van der Waals surface area contributed by atoms with Crippen molar-refractivity contribution >= 4 is 6.29 Å². The Labute approximate surface area is 93.3 Å². The number of aldehydes is 1. The molecule has 1 N–H and O–H groups in total. The zero-order valence-corrected chi connectivity index (χ0v) is 9.15. The van der Waals surface area contributed by atoms with E-state index >= 15 is 0 Å². The molecule has 0 saturated heterocycles. The Morgan fingerprint density at radius 3 is 2.75 bits per heavy atom. The van der Waals surface area contributed by atoms with Crippen LogP contribution in [0.5, 0.6) is 5.75 Å². The molecule has 0 spiro atoms. The fourth-order valence-electron chi connectivity index (χ4n) is 1.63. The van der Waals surface area contributed by atoms with Crippen LogP contribution in [0.25, 0.3) is 11.1 Å². The van der Waals surface area contributed by atoms with Gasteiger partial charge in [-0.3, -0.25) is 9.89 Å². The number of rotatable bonds is 3. The second kappa shape index (κ2) is 4.18. The Balaban J connectivity index is 2.57. The second-order valence-corrected chi connectivity index (χ2v) is 3.49. The SMILES string of the molecule is COc1cc(C=O)ccc1-c1cn[nH]c1C. The smallest absolute Gasteiger partial charge is 0.150 e. The number of nitrogens with zero attached hydrogens (tertiary/aromatic N) is 1. The van der Waals surface area contributed by atoms with Gasteiger partial charge in [-0.15, -0.1) is 0 Å². The van der Waals surface area contributed by atoms with Gasteiger partial charge in [0.2, 0.25) is 0 Å². The summed E-state index contributed by atoms with van der Waals surface area (Å²) in [4.78, 5) is 10.7. The van der Waals surface area contributed by atoms with Crippen LogP contribution >= 0.6 is 0 Å². The van der Waals surface area contributed by atoms with E-state index in [1.807, 2.05) is 13.0 Å². The summed E-state index contributed by atoms with van der Waals surface area (Å²) in [5.74, 6) is 0.675.